The molecule has 1 unspecified atom stereocenters. The molecule has 0 saturated heterocycles. The Morgan fingerprint density at radius 3 is 2.87 bits per heavy atom. The third-order valence-corrected chi connectivity index (χ3v) is 2.27. The molecule has 80 valence electrons. The molecule has 0 spiro atoms. The van der Waals surface area contributed by atoms with Gasteiger partial charge in [0, 0.05) is 0 Å². The molecule has 2 rings (SSSR count). The maximum Gasteiger partial charge on any atom is 0.225 e. The van der Waals surface area contributed by atoms with Gasteiger partial charge in [-0.25, -0.2) is 14.4 Å². The van der Waals surface area contributed by atoms with Crippen molar-refractivity contribution < 1.29 is 4.39 Å². The van der Waals surface area contributed by atoms with Gasteiger partial charge in [-0.15, -0.1) is 0 Å². The van der Waals surface area contributed by atoms with Crippen LogP contribution in [0.5, 0.6) is 0 Å². The molecule has 1 atom stereocenters. The van der Waals surface area contributed by atoms with Crippen molar-refractivity contribution in [2.24, 2.45) is 0 Å². The van der Waals surface area contributed by atoms with Crippen LogP contribution in [0.2, 0.25) is 10.4 Å². The predicted molar refractivity (Wildman–Crippen MR) is 55.9 cm³/mol. The molecule has 0 amide bonds. The van der Waals surface area contributed by atoms with Gasteiger partial charge in [0.1, 0.15) is 11.7 Å². The molecule has 0 aliphatic carbocycles. The van der Waals surface area contributed by atoms with Gasteiger partial charge in [0.05, 0.1) is 12.9 Å². The average Bonchev–Trinajstić information content (AvgIpc) is 2.48. The highest BCUT2D eigenvalue weighted by atomic mass is 35.5. The van der Waals surface area contributed by atoms with Crippen LogP contribution in [0.4, 0.5) is 4.39 Å². The first kappa shape index (κ1) is 10.6. The number of halogens is 3. The Morgan fingerprint density at radius 1 is 1.47 bits per heavy atom. The molecule has 0 fully saturated rings. The summed E-state index contributed by atoms with van der Waals surface area (Å²) in [6, 6.07) is 0. The Hall–Kier alpha value is -0.940. The summed E-state index contributed by atoms with van der Waals surface area (Å²) >= 11 is 11.5. The zero-order valence-electron chi connectivity index (χ0n) is 7.78. The average molecular weight is 249 g/mol. The fourth-order valence-electron chi connectivity index (χ4n) is 1.29. The SMILES string of the molecule is CC(F)Cn1cnc2c(Cl)nc(Cl)nc21. The van der Waals surface area contributed by atoms with Crippen molar-refractivity contribution in [2.45, 2.75) is 19.6 Å². The smallest absolute Gasteiger partial charge is 0.225 e. The van der Waals surface area contributed by atoms with Crippen LogP contribution in [0, 0.1) is 0 Å². The van der Waals surface area contributed by atoms with Crippen molar-refractivity contribution in [3.05, 3.63) is 16.8 Å². The van der Waals surface area contributed by atoms with Gasteiger partial charge in [-0.1, -0.05) is 11.6 Å². The number of hydrogen-bond donors (Lipinski definition) is 0. The maximum atomic E-state index is 12.8. The molecule has 0 aliphatic heterocycles. The van der Waals surface area contributed by atoms with Gasteiger partial charge in [0.15, 0.2) is 10.8 Å². The summed E-state index contributed by atoms with van der Waals surface area (Å²) in [7, 11) is 0. The van der Waals surface area contributed by atoms with E-state index < -0.39 is 6.17 Å². The minimum absolute atomic E-state index is 0.0285. The molecule has 0 aliphatic rings. The van der Waals surface area contributed by atoms with Crippen LogP contribution in [-0.2, 0) is 6.54 Å². The number of fused-ring (bicyclic) bond motifs is 1. The molecule has 15 heavy (non-hydrogen) atoms. The van der Waals surface area contributed by atoms with Crippen molar-refractivity contribution in [3.8, 4) is 0 Å². The summed E-state index contributed by atoms with van der Waals surface area (Å²) in [5, 5.41) is 0.205. The topological polar surface area (TPSA) is 43.6 Å². The zero-order valence-corrected chi connectivity index (χ0v) is 9.30. The minimum atomic E-state index is -0.991. The third-order valence-electron chi connectivity index (χ3n) is 1.84. The zero-order chi connectivity index (χ0) is 11.0. The van der Waals surface area contributed by atoms with E-state index in [0.717, 1.165) is 0 Å². The first-order valence-electron chi connectivity index (χ1n) is 4.26. The van der Waals surface area contributed by atoms with Crippen LogP contribution in [0.3, 0.4) is 0 Å². The van der Waals surface area contributed by atoms with E-state index in [-0.39, 0.29) is 17.0 Å². The molecule has 0 saturated carbocycles. The molecule has 0 bridgehead atoms. The molecule has 2 aromatic rings. The Balaban J connectivity index is 2.58. The molecular weight excluding hydrogens is 242 g/mol. The van der Waals surface area contributed by atoms with Crippen molar-refractivity contribution >= 4 is 34.4 Å². The second-order valence-electron chi connectivity index (χ2n) is 3.13. The van der Waals surface area contributed by atoms with Crippen LogP contribution < -0.4 is 0 Å². The van der Waals surface area contributed by atoms with E-state index in [1.165, 1.54) is 13.3 Å². The van der Waals surface area contributed by atoms with E-state index in [9.17, 15) is 4.39 Å². The van der Waals surface area contributed by atoms with Crippen LogP contribution in [0.15, 0.2) is 6.33 Å². The van der Waals surface area contributed by atoms with Gasteiger partial charge in [0.25, 0.3) is 0 Å². The molecule has 0 aromatic carbocycles. The minimum Gasteiger partial charge on any atom is -0.312 e. The lowest BCUT2D eigenvalue weighted by atomic mass is 10.4. The Kier molecular flexibility index (Phi) is 2.75. The van der Waals surface area contributed by atoms with Crippen molar-refractivity contribution in [3.63, 3.8) is 0 Å². The van der Waals surface area contributed by atoms with Gasteiger partial charge >= 0.3 is 0 Å². The molecule has 2 heterocycles. The van der Waals surface area contributed by atoms with Gasteiger partial charge in [-0.3, -0.25) is 0 Å². The summed E-state index contributed by atoms with van der Waals surface area (Å²) in [5.74, 6) is 0. The monoisotopic (exact) mass is 248 g/mol. The Morgan fingerprint density at radius 2 is 2.20 bits per heavy atom. The lowest BCUT2D eigenvalue weighted by molar-refractivity contribution is 0.323. The van der Waals surface area contributed by atoms with E-state index >= 15 is 0 Å². The second kappa shape index (κ2) is 3.90. The maximum absolute atomic E-state index is 12.8. The Bertz CT molecular complexity index is 497. The number of rotatable bonds is 2. The first-order chi connectivity index (χ1) is 7.08. The van der Waals surface area contributed by atoms with Crippen molar-refractivity contribution in [2.75, 3.05) is 0 Å². The number of nitrogens with zero attached hydrogens (tertiary/aromatic N) is 4. The van der Waals surface area contributed by atoms with E-state index in [1.54, 1.807) is 4.57 Å². The summed E-state index contributed by atoms with van der Waals surface area (Å²) in [4.78, 5) is 11.7. The van der Waals surface area contributed by atoms with E-state index in [0.29, 0.717) is 11.2 Å². The molecular formula is C8H7Cl2FN4. The lowest BCUT2D eigenvalue weighted by Crippen LogP contribution is -2.07. The highest BCUT2D eigenvalue weighted by Crippen LogP contribution is 2.20. The quantitative estimate of drug-likeness (QED) is 0.606. The first-order valence-corrected chi connectivity index (χ1v) is 5.01. The molecule has 4 nitrogen and oxygen atoms in total. The Labute approximate surface area is 95.1 Å². The molecule has 2 aromatic heterocycles. The molecule has 0 N–H and O–H groups in total. The number of aromatic nitrogens is 4. The van der Waals surface area contributed by atoms with Gasteiger partial charge < -0.3 is 4.57 Å². The number of hydrogen-bond acceptors (Lipinski definition) is 3. The highest BCUT2D eigenvalue weighted by molar-refractivity contribution is 6.35. The normalized spacial score (nSPS) is 13.3. The fourth-order valence-corrected chi connectivity index (χ4v) is 1.71. The lowest BCUT2D eigenvalue weighted by Gasteiger charge is -2.03. The summed E-state index contributed by atoms with van der Waals surface area (Å²) < 4.78 is 14.4. The molecule has 0 radical (unpaired) electrons. The van der Waals surface area contributed by atoms with E-state index in [2.05, 4.69) is 15.0 Å². The van der Waals surface area contributed by atoms with Gasteiger partial charge in [-0.05, 0) is 18.5 Å². The molecule has 7 heteroatoms. The van der Waals surface area contributed by atoms with Crippen LogP contribution in [0.25, 0.3) is 11.2 Å². The highest BCUT2D eigenvalue weighted by Gasteiger charge is 2.12. The van der Waals surface area contributed by atoms with Gasteiger partial charge in [0.2, 0.25) is 5.28 Å². The van der Waals surface area contributed by atoms with Crippen LogP contribution in [0.1, 0.15) is 6.92 Å². The van der Waals surface area contributed by atoms with Crippen LogP contribution >= 0.6 is 23.2 Å². The van der Waals surface area contributed by atoms with Gasteiger partial charge in [-0.2, -0.15) is 4.98 Å². The second-order valence-corrected chi connectivity index (χ2v) is 3.83. The predicted octanol–water partition coefficient (Wildman–Crippen LogP) is 2.49. The summed E-state index contributed by atoms with van der Waals surface area (Å²) in [6.45, 7) is 1.62. The summed E-state index contributed by atoms with van der Waals surface area (Å²) in [6.07, 6.45) is 0.479. The standard InChI is InChI=1S/C8H7Cl2FN4/c1-4(11)2-15-3-12-5-6(9)13-8(10)14-7(5)15/h3-4H,2H2,1H3. The largest absolute Gasteiger partial charge is 0.312 e. The van der Waals surface area contributed by atoms with E-state index in [1.807, 2.05) is 0 Å². The van der Waals surface area contributed by atoms with Crippen molar-refractivity contribution in [1.82, 2.24) is 19.5 Å². The number of imidazole rings is 1. The fraction of sp³-hybridized carbons (Fsp3) is 0.375. The van der Waals surface area contributed by atoms with Crippen LogP contribution in [-0.4, -0.2) is 25.7 Å². The van der Waals surface area contributed by atoms with E-state index in [4.69, 9.17) is 23.2 Å². The number of alkyl halides is 1. The summed E-state index contributed by atoms with van der Waals surface area (Å²) in [5.41, 5.74) is 0.881. The third kappa shape index (κ3) is 2.03. The van der Waals surface area contributed by atoms with Crippen molar-refractivity contribution in [1.29, 1.82) is 0 Å².